The molecule has 2 fully saturated rings. The van der Waals surface area contributed by atoms with E-state index in [4.69, 9.17) is 8.83 Å². The predicted octanol–water partition coefficient (Wildman–Crippen LogP) is 4.68. The number of nitrogens with zero attached hydrogens (tertiary/aromatic N) is 1. The number of rotatable bonds is 4. The van der Waals surface area contributed by atoms with Crippen molar-refractivity contribution in [3.8, 4) is 0 Å². The minimum Gasteiger partial charge on any atom is -0.464 e. The summed E-state index contributed by atoms with van der Waals surface area (Å²) in [7, 11) is 0. The van der Waals surface area contributed by atoms with Crippen LogP contribution in [0, 0.1) is 12.8 Å². The fraction of sp³-hybridized carbons (Fsp3) is 0.450. The van der Waals surface area contributed by atoms with Crippen molar-refractivity contribution in [2.24, 2.45) is 5.92 Å². The Kier molecular flexibility index (Phi) is 3.83. The average molecular weight is 325 g/mol. The maximum absolute atomic E-state index is 12.6. The second-order valence-corrected chi connectivity index (χ2v) is 7.03. The van der Waals surface area contributed by atoms with Crippen molar-refractivity contribution in [2.75, 3.05) is 6.54 Å². The summed E-state index contributed by atoms with van der Waals surface area (Å²) in [5.41, 5.74) is 0. The Morgan fingerprint density at radius 1 is 1.21 bits per heavy atom. The van der Waals surface area contributed by atoms with Crippen LogP contribution in [0.25, 0.3) is 6.08 Å². The molecule has 4 nitrogen and oxygen atoms in total. The van der Waals surface area contributed by atoms with Crippen molar-refractivity contribution >= 4 is 12.0 Å². The minimum absolute atomic E-state index is 0.0179. The van der Waals surface area contributed by atoms with E-state index in [-0.39, 0.29) is 11.9 Å². The van der Waals surface area contributed by atoms with Crippen LogP contribution in [-0.4, -0.2) is 17.4 Å². The number of aryl methyl sites for hydroxylation is 1. The Bertz CT molecular complexity index is 769. The van der Waals surface area contributed by atoms with Gasteiger partial charge in [0.05, 0.1) is 6.04 Å². The summed E-state index contributed by atoms with van der Waals surface area (Å²) in [5.74, 6) is 4.86. The van der Waals surface area contributed by atoms with Gasteiger partial charge in [-0.1, -0.05) is 6.92 Å². The lowest BCUT2D eigenvalue weighted by Gasteiger charge is -2.21. The van der Waals surface area contributed by atoms with Gasteiger partial charge in [-0.15, -0.1) is 0 Å². The summed E-state index contributed by atoms with van der Waals surface area (Å²) in [6.07, 6.45) is 6.56. The van der Waals surface area contributed by atoms with E-state index in [0.717, 1.165) is 48.3 Å². The van der Waals surface area contributed by atoms with Gasteiger partial charge in [0.1, 0.15) is 23.0 Å². The quantitative estimate of drug-likeness (QED) is 0.767. The van der Waals surface area contributed by atoms with Gasteiger partial charge in [0, 0.05) is 18.5 Å². The summed E-state index contributed by atoms with van der Waals surface area (Å²) >= 11 is 0. The molecule has 24 heavy (non-hydrogen) atoms. The van der Waals surface area contributed by atoms with Gasteiger partial charge in [0.15, 0.2) is 0 Å². The van der Waals surface area contributed by atoms with E-state index in [0.29, 0.717) is 5.92 Å². The van der Waals surface area contributed by atoms with E-state index in [9.17, 15) is 4.79 Å². The molecule has 0 aromatic carbocycles. The van der Waals surface area contributed by atoms with Crippen LogP contribution in [-0.2, 0) is 4.79 Å². The highest BCUT2D eigenvalue weighted by atomic mass is 16.3. The SMILES string of the molecule is Cc1ccc(C2CCCN2C(=O)/C=C/c2ccc(C3CC3C)o2)o1. The van der Waals surface area contributed by atoms with Gasteiger partial charge in [-0.3, -0.25) is 4.79 Å². The fourth-order valence-corrected chi connectivity index (χ4v) is 3.58. The number of hydrogen-bond donors (Lipinski definition) is 0. The first-order valence-corrected chi connectivity index (χ1v) is 8.76. The summed E-state index contributed by atoms with van der Waals surface area (Å²) in [6, 6.07) is 7.96. The van der Waals surface area contributed by atoms with Crippen LogP contribution < -0.4 is 0 Å². The Morgan fingerprint density at radius 2 is 2.00 bits per heavy atom. The molecule has 1 aliphatic heterocycles. The second-order valence-electron chi connectivity index (χ2n) is 7.03. The lowest BCUT2D eigenvalue weighted by Crippen LogP contribution is -2.28. The lowest BCUT2D eigenvalue weighted by molar-refractivity contribution is -0.127. The fourth-order valence-electron chi connectivity index (χ4n) is 3.58. The van der Waals surface area contributed by atoms with Crippen molar-refractivity contribution < 1.29 is 13.6 Å². The molecule has 2 aliphatic rings. The largest absolute Gasteiger partial charge is 0.464 e. The molecule has 3 unspecified atom stereocenters. The van der Waals surface area contributed by atoms with Crippen molar-refractivity contribution in [3.63, 3.8) is 0 Å². The molecule has 0 spiro atoms. The van der Waals surface area contributed by atoms with Crippen LogP contribution in [0.3, 0.4) is 0 Å². The number of carbonyl (C=O) groups is 1. The maximum atomic E-state index is 12.6. The van der Waals surface area contributed by atoms with Gasteiger partial charge in [-0.25, -0.2) is 0 Å². The molecular weight excluding hydrogens is 302 g/mol. The van der Waals surface area contributed by atoms with E-state index >= 15 is 0 Å². The Labute approximate surface area is 142 Å². The third-order valence-electron chi connectivity index (χ3n) is 5.14. The standard InChI is InChI=1S/C20H23NO3/c1-13-12-16(13)18-9-6-15(24-18)7-10-20(22)21-11-3-4-17(21)19-8-5-14(2)23-19/h5-10,13,16-17H,3-4,11-12H2,1-2H3/b10-7+. The predicted molar refractivity (Wildman–Crippen MR) is 91.4 cm³/mol. The van der Waals surface area contributed by atoms with E-state index in [1.807, 2.05) is 36.1 Å². The van der Waals surface area contributed by atoms with Crippen LogP contribution in [0.1, 0.15) is 61.2 Å². The van der Waals surface area contributed by atoms with Crippen molar-refractivity contribution in [1.29, 1.82) is 0 Å². The van der Waals surface area contributed by atoms with Crippen molar-refractivity contribution in [1.82, 2.24) is 4.90 Å². The average Bonchev–Trinajstić information content (AvgIpc) is 3.03. The molecule has 2 aromatic heterocycles. The van der Waals surface area contributed by atoms with Gasteiger partial charge in [-0.2, -0.15) is 0 Å². The summed E-state index contributed by atoms with van der Waals surface area (Å²) in [4.78, 5) is 14.5. The zero-order valence-electron chi connectivity index (χ0n) is 14.2. The highest BCUT2D eigenvalue weighted by Crippen LogP contribution is 2.47. The van der Waals surface area contributed by atoms with Crippen molar-refractivity contribution in [2.45, 2.75) is 45.1 Å². The van der Waals surface area contributed by atoms with Crippen LogP contribution in [0.5, 0.6) is 0 Å². The summed E-state index contributed by atoms with van der Waals surface area (Å²) in [6.45, 7) is 4.94. The Hall–Kier alpha value is -2.23. The topological polar surface area (TPSA) is 46.6 Å². The number of carbonyl (C=O) groups excluding carboxylic acids is 1. The summed E-state index contributed by atoms with van der Waals surface area (Å²) in [5, 5.41) is 0. The molecule has 1 aliphatic carbocycles. The first-order valence-electron chi connectivity index (χ1n) is 8.76. The molecule has 2 aromatic rings. The zero-order valence-corrected chi connectivity index (χ0v) is 14.2. The van der Waals surface area contributed by atoms with Gasteiger partial charge in [0.25, 0.3) is 0 Å². The van der Waals surface area contributed by atoms with Gasteiger partial charge < -0.3 is 13.7 Å². The van der Waals surface area contributed by atoms with E-state index in [1.54, 1.807) is 12.2 Å². The Balaban J connectivity index is 1.44. The normalized spacial score (nSPS) is 26.4. The third-order valence-corrected chi connectivity index (χ3v) is 5.14. The minimum atomic E-state index is 0.0179. The smallest absolute Gasteiger partial charge is 0.247 e. The van der Waals surface area contributed by atoms with Gasteiger partial charge in [0.2, 0.25) is 5.91 Å². The molecule has 0 bridgehead atoms. The van der Waals surface area contributed by atoms with Gasteiger partial charge >= 0.3 is 0 Å². The van der Waals surface area contributed by atoms with Gasteiger partial charge in [-0.05, 0) is 62.4 Å². The third kappa shape index (κ3) is 2.93. The Morgan fingerprint density at radius 3 is 2.71 bits per heavy atom. The number of hydrogen-bond acceptors (Lipinski definition) is 3. The van der Waals surface area contributed by atoms with Crippen LogP contribution in [0.2, 0.25) is 0 Å². The molecule has 0 N–H and O–H groups in total. The zero-order chi connectivity index (χ0) is 16.7. The monoisotopic (exact) mass is 325 g/mol. The molecule has 4 rings (SSSR count). The van der Waals surface area contributed by atoms with Crippen molar-refractivity contribution in [3.05, 3.63) is 53.4 Å². The molecule has 1 amide bonds. The molecule has 4 heteroatoms. The first kappa shape index (κ1) is 15.3. The number of furan rings is 2. The lowest BCUT2D eigenvalue weighted by atomic mass is 10.1. The highest BCUT2D eigenvalue weighted by molar-refractivity contribution is 5.91. The molecule has 1 saturated carbocycles. The van der Waals surface area contributed by atoms with Crippen LogP contribution in [0.15, 0.2) is 39.2 Å². The number of likely N-dealkylation sites (tertiary alicyclic amines) is 1. The van der Waals surface area contributed by atoms with E-state index in [1.165, 1.54) is 6.42 Å². The number of amides is 1. The molecule has 0 radical (unpaired) electrons. The highest BCUT2D eigenvalue weighted by Gasteiger charge is 2.36. The second kappa shape index (κ2) is 6.00. The molecule has 3 heterocycles. The molecule has 3 atom stereocenters. The maximum Gasteiger partial charge on any atom is 0.247 e. The van der Waals surface area contributed by atoms with E-state index < -0.39 is 0 Å². The van der Waals surface area contributed by atoms with E-state index in [2.05, 4.69) is 6.92 Å². The van der Waals surface area contributed by atoms with Crippen LogP contribution >= 0.6 is 0 Å². The first-order chi connectivity index (χ1) is 11.6. The molecule has 126 valence electrons. The summed E-state index contributed by atoms with van der Waals surface area (Å²) < 4.78 is 11.6. The van der Waals surface area contributed by atoms with Crippen LogP contribution in [0.4, 0.5) is 0 Å². The molecular formula is C20H23NO3. The molecule has 1 saturated heterocycles.